The molecule has 1 aliphatic rings. The minimum atomic E-state index is -3.71. The van der Waals surface area contributed by atoms with Crippen molar-refractivity contribution in [3.63, 3.8) is 0 Å². The number of carbonyl (C=O) groups is 1. The fraction of sp³-hybridized carbons (Fsp3) is 0.296. The quantitative estimate of drug-likeness (QED) is 0.535. The molecular formula is C27H31N3O3S. The molecule has 0 radical (unpaired) electrons. The molecule has 3 aromatic rings. The maximum atomic E-state index is 13.1. The van der Waals surface area contributed by atoms with E-state index >= 15 is 0 Å². The van der Waals surface area contributed by atoms with Crippen molar-refractivity contribution in [2.75, 3.05) is 20.6 Å². The average Bonchev–Trinajstić information content (AvgIpc) is 3.35. The minimum Gasteiger partial charge on any atom is -0.351 e. The highest BCUT2D eigenvalue weighted by Gasteiger charge is 2.39. The van der Waals surface area contributed by atoms with Gasteiger partial charge in [0.2, 0.25) is 15.9 Å². The SMILES string of the molecule is CN(C)Cc1ccc(-c2ccccc2CNC(=O)C2CCCN2S(=O)(=O)c2ccccc2)cc1. The van der Waals surface area contributed by atoms with Crippen LogP contribution in [-0.2, 0) is 27.9 Å². The van der Waals surface area contributed by atoms with Crippen molar-refractivity contribution in [3.8, 4) is 11.1 Å². The summed E-state index contributed by atoms with van der Waals surface area (Å²) in [5, 5.41) is 2.99. The Morgan fingerprint density at radius 1 is 0.971 bits per heavy atom. The molecule has 178 valence electrons. The highest BCUT2D eigenvalue weighted by molar-refractivity contribution is 7.89. The van der Waals surface area contributed by atoms with Gasteiger partial charge in [-0.3, -0.25) is 4.79 Å². The normalized spacial score (nSPS) is 16.6. The minimum absolute atomic E-state index is 0.220. The predicted octanol–water partition coefficient (Wildman–Crippen LogP) is 3.88. The third-order valence-electron chi connectivity index (χ3n) is 6.09. The largest absolute Gasteiger partial charge is 0.351 e. The fourth-order valence-corrected chi connectivity index (χ4v) is 6.11. The van der Waals surface area contributed by atoms with Crippen LogP contribution in [0.3, 0.4) is 0 Å². The number of nitrogens with one attached hydrogen (secondary N) is 1. The lowest BCUT2D eigenvalue weighted by Gasteiger charge is -2.23. The van der Waals surface area contributed by atoms with Gasteiger partial charge in [0.15, 0.2) is 0 Å². The highest BCUT2D eigenvalue weighted by atomic mass is 32.2. The molecule has 0 spiro atoms. The van der Waals surface area contributed by atoms with Gasteiger partial charge in [-0.25, -0.2) is 8.42 Å². The standard InChI is InChI=1S/C27H31N3O3S/c1-29(2)20-21-14-16-22(17-15-21)25-12-7-6-9-23(25)19-28-27(31)26-13-8-18-30(26)34(32,33)24-10-4-3-5-11-24/h3-7,9-12,14-17,26H,8,13,18-20H2,1-2H3,(H,28,31). The van der Waals surface area contributed by atoms with Crippen LogP contribution < -0.4 is 5.32 Å². The molecule has 4 rings (SSSR count). The smallest absolute Gasteiger partial charge is 0.243 e. The van der Waals surface area contributed by atoms with E-state index in [1.165, 1.54) is 9.87 Å². The molecule has 1 atom stereocenters. The molecule has 1 N–H and O–H groups in total. The number of hydrogen-bond acceptors (Lipinski definition) is 4. The Morgan fingerprint density at radius 2 is 1.65 bits per heavy atom. The topological polar surface area (TPSA) is 69.7 Å². The molecular weight excluding hydrogens is 446 g/mol. The molecule has 7 heteroatoms. The summed E-state index contributed by atoms with van der Waals surface area (Å²) in [4.78, 5) is 15.4. The molecule has 1 heterocycles. The van der Waals surface area contributed by atoms with Crippen molar-refractivity contribution < 1.29 is 13.2 Å². The molecule has 1 aliphatic heterocycles. The van der Waals surface area contributed by atoms with Gasteiger partial charge in [-0.05, 0) is 61.3 Å². The van der Waals surface area contributed by atoms with Crippen LogP contribution in [0.4, 0.5) is 0 Å². The number of carbonyl (C=O) groups excluding carboxylic acids is 1. The Balaban J connectivity index is 1.47. The molecule has 0 aromatic heterocycles. The van der Waals surface area contributed by atoms with E-state index in [0.717, 1.165) is 23.2 Å². The van der Waals surface area contributed by atoms with Crippen LogP contribution in [0.1, 0.15) is 24.0 Å². The lowest BCUT2D eigenvalue weighted by molar-refractivity contribution is -0.124. The van der Waals surface area contributed by atoms with Gasteiger partial charge < -0.3 is 10.2 Å². The van der Waals surface area contributed by atoms with Crippen LogP contribution in [0.25, 0.3) is 11.1 Å². The maximum absolute atomic E-state index is 13.1. The third-order valence-corrected chi connectivity index (χ3v) is 8.01. The van der Waals surface area contributed by atoms with Crippen LogP contribution in [0.2, 0.25) is 0 Å². The van der Waals surface area contributed by atoms with Gasteiger partial charge in [0, 0.05) is 19.6 Å². The Labute approximate surface area is 202 Å². The number of sulfonamides is 1. The van der Waals surface area contributed by atoms with Gasteiger partial charge in [0.05, 0.1) is 4.90 Å². The van der Waals surface area contributed by atoms with Crippen molar-refractivity contribution in [1.29, 1.82) is 0 Å². The Morgan fingerprint density at radius 3 is 2.35 bits per heavy atom. The van der Waals surface area contributed by atoms with E-state index in [1.807, 2.05) is 38.4 Å². The first-order chi connectivity index (χ1) is 16.4. The number of nitrogens with zero attached hydrogens (tertiary/aromatic N) is 2. The highest BCUT2D eigenvalue weighted by Crippen LogP contribution is 2.27. The molecule has 0 bridgehead atoms. The summed E-state index contributed by atoms with van der Waals surface area (Å²) in [6.07, 6.45) is 1.19. The summed E-state index contributed by atoms with van der Waals surface area (Å²) in [5.41, 5.74) is 4.37. The first-order valence-electron chi connectivity index (χ1n) is 11.5. The lowest BCUT2D eigenvalue weighted by atomic mass is 9.98. The zero-order valence-electron chi connectivity index (χ0n) is 19.6. The molecule has 1 saturated heterocycles. The molecule has 6 nitrogen and oxygen atoms in total. The first kappa shape index (κ1) is 24.1. The van der Waals surface area contributed by atoms with Crippen molar-refractivity contribution >= 4 is 15.9 Å². The lowest BCUT2D eigenvalue weighted by Crippen LogP contribution is -2.45. The van der Waals surface area contributed by atoms with E-state index in [2.05, 4.69) is 34.5 Å². The van der Waals surface area contributed by atoms with E-state index < -0.39 is 16.1 Å². The summed E-state index contributed by atoms with van der Waals surface area (Å²) >= 11 is 0. The van der Waals surface area contributed by atoms with Crippen LogP contribution in [0.5, 0.6) is 0 Å². The summed E-state index contributed by atoms with van der Waals surface area (Å²) in [6, 6.07) is 24.0. The molecule has 1 unspecified atom stereocenters. The molecule has 1 fully saturated rings. The van der Waals surface area contributed by atoms with Crippen LogP contribution in [-0.4, -0.2) is 50.2 Å². The van der Waals surface area contributed by atoms with Gasteiger partial charge in [-0.15, -0.1) is 0 Å². The second kappa shape index (κ2) is 10.5. The van der Waals surface area contributed by atoms with E-state index in [-0.39, 0.29) is 10.8 Å². The Hall–Kier alpha value is -3.00. The number of benzene rings is 3. The zero-order chi connectivity index (χ0) is 24.1. The Kier molecular flexibility index (Phi) is 7.46. The van der Waals surface area contributed by atoms with Gasteiger partial charge in [-0.1, -0.05) is 66.7 Å². The monoisotopic (exact) mass is 477 g/mol. The van der Waals surface area contributed by atoms with Crippen molar-refractivity contribution in [2.24, 2.45) is 0 Å². The van der Waals surface area contributed by atoms with E-state index in [9.17, 15) is 13.2 Å². The fourth-order valence-electron chi connectivity index (χ4n) is 4.43. The summed E-state index contributed by atoms with van der Waals surface area (Å²) in [6.45, 7) is 1.57. The van der Waals surface area contributed by atoms with E-state index in [4.69, 9.17) is 0 Å². The van der Waals surface area contributed by atoms with Gasteiger partial charge in [-0.2, -0.15) is 4.31 Å². The summed E-state index contributed by atoms with van der Waals surface area (Å²) in [7, 11) is 0.377. The van der Waals surface area contributed by atoms with Crippen LogP contribution in [0.15, 0.2) is 83.8 Å². The van der Waals surface area contributed by atoms with E-state index in [1.54, 1.807) is 30.3 Å². The second-order valence-electron chi connectivity index (χ2n) is 8.90. The van der Waals surface area contributed by atoms with Crippen molar-refractivity contribution in [2.45, 2.75) is 36.9 Å². The molecule has 0 saturated carbocycles. The van der Waals surface area contributed by atoms with Crippen LogP contribution in [0, 0.1) is 0 Å². The summed E-state index contributed by atoms with van der Waals surface area (Å²) < 4.78 is 27.5. The van der Waals surface area contributed by atoms with Gasteiger partial charge >= 0.3 is 0 Å². The summed E-state index contributed by atoms with van der Waals surface area (Å²) in [5.74, 6) is -0.256. The molecule has 0 aliphatic carbocycles. The van der Waals surface area contributed by atoms with E-state index in [0.29, 0.717) is 25.9 Å². The van der Waals surface area contributed by atoms with Crippen LogP contribution >= 0.6 is 0 Å². The predicted molar refractivity (Wildman–Crippen MR) is 134 cm³/mol. The maximum Gasteiger partial charge on any atom is 0.243 e. The van der Waals surface area contributed by atoms with Crippen molar-refractivity contribution in [3.05, 3.63) is 90.0 Å². The number of hydrogen-bond donors (Lipinski definition) is 1. The van der Waals surface area contributed by atoms with Crippen molar-refractivity contribution in [1.82, 2.24) is 14.5 Å². The third kappa shape index (κ3) is 5.38. The zero-order valence-corrected chi connectivity index (χ0v) is 20.5. The molecule has 34 heavy (non-hydrogen) atoms. The van der Waals surface area contributed by atoms with Gasteiger partial charge in [0.25, 0.3) is 0 Å². The number of rotatable bonds is 8. The molecule has 3 aromatic carbocycles. The van der Waals surface area contributed by atoms with Gasteiger partial charge in [0.1, 0.15) is 6.04 Å². The molecule has 1 amide bonds. The second-order valence-corrected chi connectivity index (χ2v) is 10.8. The first-order valence-corrected chi connectivity index (χ1v) is 13.0. The Bertz CT molecular complexity index is 1230. The average molecular weight is 478 g/mol. The number of amides is 1.